The summed E-state index contributed by atoms with van der Waals surface area (Å²) in [7, 11) is 0. The minimum Gasteiger partial charge on any atom is -0.376 e. The molecule has 0 saturated carbocycles. The van der Waals surface area contributed by atoms with Crippen LogP contribution < -0.4 is 5.32 Å². The average molecular weight is 453 g/mol. The van der Waals surface area contributed by atoms with Crippen molar-refractivity contribution in [2.75, 3.05) is 26.2 Å². The number of aromatic nitrogens is 2. The number of carbonyl (C=O) groups excluding carboxylic acids is 1. The van der Waals surface area contributed by atoms with Crippen LogP contribution in [0.2, 0.25) is 5.02 Å². The lowest BCUT2D eigenvalue weighted by atomic mass is 10.0. The van der Waals surface area contributed by atoms with Crippen LogP contribution in [0, 0.1) is 5.82 Å². The smallest absolute Gasteiger partial charge is 0.226 e. The molecule has 0 radical (unpaired) electrons. The predicted molar refractivity (Wildman–Crippen MR) is 115 cm³/mol. The normalized spacial score (nSPS) is 18.3. The van der Waals surface area contributed by atoms with Crippen molar-refractivity contribution in [2.45, 2.75) is 58.1 Å². The highest BCUT2D eigenvalue weighted by atomic mass is 35.5. The minimum atomic E-state index is -0.372. The largest absolute Gasteiger partial charge is 0.376 e. The number of benzene rings is 1. The summed E-state index contributed by atoms with van der Waals surface area (Å²) in [6.45, 7) is 8.08. The van der Waals surface area contributed by atoms with Crippen molar-refractivity contribution in [1.82, 2.24) is 20.4 Å². The topological polar surface area (TPSA) is 80.5 Å². The fraction of sp³-hybridized carbons (Fsp3) is 0.591. The average Bonchev–Trinajstić information content (AvgIpc) is 3.19. The molecule has 1 N–H and O–H groups in total. The van der Waals surface area contributed by atoms with Crippen molar-refractivity contribution in [3.8, 4) is 0 Å². The molecule has 31 heavy (non-hydrogen) atoms. The Balaban J connectivity index is 1.58. The predicted octanol–water partition coefficient (Wildman–Crippen LogP) is 3.89. The van der Waals surface area contributed by atoms with Crippen LogP contribution in [0.3, 0.4) is 0 Å². The number of nitrogens with zero attached hydrogens (tertiary/aromatic N) is 3. The molecule has 2 atom stereocenters. The molecule has 2 heterocycles. The molecule has 1 aromatic heterocycles. The molecule has 3 rings (SSSR count). The number of amides is 1. The van der Waals surface area contributed by atoms with E-state index in [9.17, 15) is 9.18 Å². The number of morpholine rings is 1. The number of nitrogens with one attached hydrogen (secondary N) is 1. The molecule has 1 aliphatic heterocycles. The molecule has 2 aromatic rings. The van der Waals surface area contributed by atoms with E-state index in [1.807, 2.05) is 20.8 Å². The molecule has 0 aliphatic carbocycles. The lowest BCUT2D eigenvalue weighted by molar-refractivity contribution is -0.121. The standard InChI is InChI=1S/C22H30ClFN4O3/c1-14(2)22-26-20(31-27-22)9-5-8-19(29)25-12-18(28-10-11-30-15(3)13-28)21-16(23)6-4-7-17(21)24/h4,6-7,14-15,18H,5,8-13H2,1-3H3,(H,25,29). The molecule has 1 saturated heterocycles. The van der Waals surface area contributed by atoms with Gasteiger partial charge in [-0.2, -0.15) is 4.98 Å². The van der Waals surface area contributed by atoms with Gasteiger partial charge in [-0.25, -0.2) is 4.39 Å². The number of halogens is 2. The summed E-state index contributed by atoms with van der Waals surface area (Å²) < 4.78 is 25.5. The molecule has 1 fully saturated rings. The van der Waals surface area contributed by atoms with Crippen LogP contribution in [0.25, 0.3) is 0 Å². The molecule has 170 valence electrons. The number of aryl methyl sites for hydroxylation is 1. The van der Waals surface area contributed by atoms with Crippen LogP contribution in [-0.4, -0.2) is 53.3 Å². The third-order valence-electron chi connectivity index (χ3n) is 5.33. The summed E-state index contributed by atoms with van der Waals surface area (Å²) >= 11 is 6.34. The zero-order chi connectivity index (χ0) is 22.4. The Hall–Kier alpha value is -2.03. The molecule has 9 heteroatoms. The van der Waals surface area contributed by atoms with Gasteiger partial charge in [0.2, 0.25) is 11.8 Å². The van der Waals surface area contributed by atoms with Gasteiger partial charge in [0.05, 0.1) is 18.8 Å². The van der Waals surface area contributed by atoms with Crippen LogP contribution in [-0.2, 0) is 16.0 Å². The van der Waals surface area contributed by atoms with Crippen molar-refractivity contribution in [3.63, 3.8) is 0 Å². The fourth-order valence-corrected chi connectivity index (χ4v) is 3.96. The first kappa shape index (κ1) is 23.6. The Morgan fingerprint density at radius 1 is 1.42 bits per heavy atom. The van der Waals surface area contributed by atoms with Gasteiger partial charge >= 0.3 is 0 Å². The highest BCUT2D eigenvalue weighted by Gasteiger charge is 2.29. The number of hydrogen-bond acceptors (Lipinski definition) is 6. The van der Waals surface area contributed by atoms with E-state index in [-0.39, 0.29) is 36.3 Å². The van der Waals surface area contributed by atoms with E-state index in [1.54, 1.807) is 12.1 Å². The summed E-state index contributed by atoms with van der Waals surface area (Å²) in [4.78, 5) is 18.9. The van der Waals surface area contributed by atoms with Crippen LogP contribution in [0.1, 0.15) is 62.9 Å². The van der Waals surface area contributed by atoms with Gasteiger partial charge in [-0.05, 0) is 25.5 Å². The summed E-state index contributed by atoms with van der Waals surface area (Å²) in [6.07, 6.45) is 1.47. The SMILES string of the molecule is CC1CN(C(CNC(=O)CCCc2nc(C(C)C)no2)c2c(F)cccc2Cl)CCO1. The van der Waals surface area contributed by atoms with Gasteiger partial charge in [0.1, 0.15) is 5.82 Å². The van der Waals surface area contributed by atoms with Crippen LogP contribution in [0.4, 0.5) is 4.39 Å². The van der Waals surface area contributed by atoms with Gasteiger partial charge in [-0.1, -0.05) is 36.7 Å². The maximum atomic E-state index is 14.6. The van der Waals surface area contributed by atoms with Gasteiger partial charge in [-0.15, -0.1) is 0 Å². The quantitative estimate of drug-likeness (QED) is 0.621. The third kappa shape index (κ3) is 6.48. The Kier molecular flexibility index (Phi) is 8.40. The highest BCUT2D eigenvalue weighted by Crippen LogP contribution is 2.31. The first-order valence-electron chi connectivity index (χ1n) is 10.7. The number of ether oxygens (including phenoxy) is 1. The van der Waals surface area contributed by atoms with Gasteiger partial charge in [0, 0.05) is 49.0 Å². The molecule has 7 nitrogen and oxygen atoms in total. The molecule has 1 aliphatic rings. The Morgan fingerprint density at radius 2 is 2.23 bits per heavy atom. The Bertz CT molecular complexity index is 856. The van der Waals surface area contributed by atoms with E-state index in [0.29, 0.717) is 61.3 Å². The molecule has 0 spiro atoms. The molecule has 0 bridgehead atoms. The van der Waals surface area contributed by atoms with Gasteiger partial charge in [0.15, 0.2) is 5.82 Å². The van der Waals surface area contributed by atoms with Crippen LogP contribution in [0.5, 0.6) is 0 Å². The second kappa shape index (κ2) is 11.0. The first-order valence-corrected chi connectivity index (χ1v) is 11.1. The van der Waals surface area contributed by atoms with E-state index >= 15 is 0 Å². The number of hydrogen-bond donors (Lipinski definition) is 1. The summed E-state index contributed by atoms with van der Waals surface area (Å²) in [6, 6.07) is 4.29. The second-order valence-corrected chi connectivity index (χ2v) is 8.59. The van der Waals surface area contributed by atoms with Crippen LogP contribution in [0.15, 0.2) is 22.7 Å². The zero-order valence-electron chi connectivity index (χ0n) is 18.2. The number of rotatable bonds is 9. The summed E-state index contributed by atoms with van der Waals surface area (Å²) in [5.41, 5.74) is 0.408. The van der Waals surface area contributed by atoms with Crippen molar-refractivity contribution in [2.24, 2.45) is 0 Å². The third-order valence-corrected chi connectivity index (χ3v) is 5.66. The van der Waals surface area contributed by atoms with Crippen molar-refractivity contribution in [3.05, 3.63) is 46.3 Å². The van der Waals surface area contributed by atoms with E-state index in [2.05, 4.69) is 20.4 Å². The molecular formula is C22H30ClFN4O3. The van der Waals surface area contributed by atoms with E-state index in [1.165, 1.54) is 6.07 Å². The summed E-state index contributed by atoms with van der Waals surface area (Å²) in [5, 5.41) is 7.23. The first-order chi connectivity index (χ1) is 14.8. The summed E-state index contributed by atoms with van der Waals surface area (Å²) in [5.74, 6) is 0.926. The second-order valence-electron chi connectivity index (χ2n) is 8.19. The van der Waals surface area contributed by atoms with E-state index in [4.69, 9.17) is 20.9 Å². The monoisotopic (exact) mass is 452 g/mol. The minimum absolute atomic E-state index is 0.0302. The lowest BCUT2D eigenvalue weighted by Gasteiger charge is -2.38. The van der Waals surface area contributed by atoms with E-state index in [0.717, 1.165) is 0 Å². The maximum absolute atomic E-state index is 14.6. The Labute approximate surface area is 187 Å². The van der Waals surface area contributed by atoms with Crippen molar-refractivity contribution in [1.29, 1.82) is 0 Å². The van der Waals surface area contributed by atoms with E-state index < -0.39 is 0 Å². The lowest BCUT2D eigenvalue weighted by Crippen LogP contribution is -2.46. The highest BCUT2D eigenvalue weighted by molar-refractivity contribution is 6.31. The molecule has 2 unspecified atom stereocenters. The van der Waals surface area contributed by atoms with Crippen molar-refractivity contribution < 1.29 is 18.4 Å². The molecular weight excluding hydrogens is 423 g/mol. The molecule has 1 amide bonds. The van der Waals surface area contributed by atoms with Gasteiger partial charge < -0.3 is 14.6 Å². The van der Waals surface area contributed by atoms with Gasteiger partial charge in [0.25, 0.3) is 0 Å². The zero-order valence-corrected chi connectivity index (χ0v) is 19.0. The fourth-order valence-electron chi connectivity index (χ4n) is 3.67. The maximum Gasteiger partial charge on any atom is 0.226 e. The number of carbonyl (C=O) groups is 1. The molecule has 1 aromatic carbocycles. The van der Waals surface area contributed by atoms with Crippen molar-refractivity contribution >= 4 is 17.5 Å². The van der Waals surface area contributed by atoms with Gasteiger partial charge in [-0.3, -0.25) is 9.69 Å². The Morgan fingerprint density at radius 3 is 2.90 bits per heavy atom. The van der Waals surface area contributed by atoms with Crippen LogP contribution >= 0.6 is 11.6 Å².